The molecule has 0 aliphatic carbocycles. The first-order chi connectivity index (χ1) is 17.1. The van der Waals surface area contributed by atoms with Gasteiger partial charge in [-0.2, -0.15) is 0 Å². The summed E-state index contributed by atoms with van der Waals surface area (Å²) in [5.41, 5.74) is 2.59. The summed E-state index contributed by atoms with van der Waals surface area (Å²) >= 11 is 18.3. The third-order valence-corrected chi connectivity index (χ3v) is 7.47. The second-order valence-corrected chi connectivity index (χ2v) is 11.3. The van der Waals surface area contributed by atoms with E-state index < -0.39 is 10.0 Å². The maximum atomic E-state index is 12.5. The first-order valence-corrected chi connectivity index (χ1v) is 14.3. The molecule has 3 aromatic rings. The van der Waals surface area contributed by atoms with Crippen LogP contribution in [0.2, 0.25) is 15.1 Å². The minimum atomic E-state index is -3.68. The van der Waals surface area contributed by atoms with Gasteiger partial charge < -0.3 is 10.1 Å². The van der Waals surface area contributed by atoms with Crippen molar-refractivity contribution in [3.05, 3.63) is 92.4 Å². The molecular weight excluding hydrogens is 543 g/mol. The maximum absolute atomic E-state index is 12.5. The lowest BCUT2D eigenvalue weighted by molar-refractivity contribution is 0.0947. The van der Waals surface area contributed by atoms with Crippen LogP contribution in [0.15, 0.2) is 60.7 Å². The predicted octanol–water partition coefficient (Wildman–Crippen LogP) is 6.37. The zero-order valence-corrected chi connectivity index (χ0v) is 23.0. The molecule has 0 bridgehead atoms. The van der Waals surface area contributed by atoms with Gasteiger partial charge in [0, 0.05) is 5.56 Å². The topological polar surface area (TPSA) is 75.7 Å². The monoisotopic (exact) mass is 568 g/mol. The fourth-order valence-electron chi connectivity index (χ4n) is 3.49. The van der Waals surface area contributed by atoms with Crippen molar-refractivity contribution in [2.24, 2.45) is 0 Å². The molecule has 3 aromatic carbocycles. The molecule has 10 heteroatoms. The highest BCUT2D eigenvalue weighted by Crippen LogP contribution is 2.36. The lowest BCUT2D eigenvalue weighted by Crippen LogP contribution is -2.30. The Bertz CT molecular complexity index is 1300. The number of hydrogen-bond donors (Lipinski definition) is 1. The van der Waals surface area contributed by atoms with Crippen LogP contribution in [0.3, 0.4) is 0 Å². The molecule has 0 fully saturated rings. The Balaban J connectivity index is 1.58. The molecule has 3 rings (SSSR count). The first-order valence-electron chi connectivity index (χ1n) is 11.3. The van der Waals surface area contributed by atoms with Crippen LogP contribution in [0.25, 0.3) is 0 Å². The number of benzene rings is 3. The highest BCUT2D eigenvalue weighted by atomic mass is 35.5. The van der Waals surface area contributed by atoms with Gasteiger partial charge in [-0.15, -0.1) is 0 Å². The van der Waals surface area contributed by atoms with Gasteiger partial charge in [-0.05, 0) is 53.9 Å². The summed E-state index contributed by atoms with van der Waals surface area (Å²) in [5, 5.41) is 3.39. The van der Waals surface area contributed by atoms with Crippen LogP contribution in [0.4, 0.5) is 5.69 Å². The Hall–Kier alpha value is -2.45. The summed E-state index contributed by atoms with van der Waals surface area (Å²) in [6, 6.07) is 17.4. The van der Waals surface area contributed by atoms with E-state index in [0.717, 1.165) is 29.2 Å². The number of sulfonamides is 1. The quantitative estimate of drug-likeness (QED) is 0.215. The number of ether oxygens (including phenoxy) is 1. The van der Waals surface area contributed by atoms with Gasteiger partial charge in [0.15, 0.2) is 0 Å². The SMILES string of the molecule is CCCc1ccc(OCCNC(=O)c2ccc(CN(c3cc(Cl)c(Cl)cc3Cl)S(C)(=O)=O)cc2)cc1. The van der Waals surface area contributed by atoms with E-state index in [9.17, 15) is 13.2 Å². The molecule has 1 amide bonds. The summed E-state index contributed by atoms with van der Waals surface area (Å²) < 4.78 is 31.8. The lowest BCUT2D eigenvalue weighted by atomic mass is 10.1. The van der Waals surface area contributed by atoms with Gasteiger partial charge >= 0.3 is 0 Å². The summed E-state index contributed by atoms with van der Waals surface area (Å²) in [5.74, 6) is 0.502. The standard InChI is InChI=1S/C26H27Cl3N2O4S/c1-3-4-18-7-11-21(12-8-18)35-14-13-30-26(32)20-9-5-19(6-10-20)17-31(36(2,33)34)25-16-23(28)22(27)15-24(25)29/h5-12,15-16H,3-4,13-14,17H2,1-2H3,(H,30,32). The van der Waals surface area contributed by atoms with Crippen molar-refractivity contribution in [2.45, 2.75) is 26.3 Å². The second-order valence-electron chi connectivity index (χ2n) is 8.18. The van der Waals surface area contributed by atoms with E-state index in [1.165, 1.54) is 17.7 Å². The first kappa shape index (κ1) is 28.1. The molecule has 0 aliphatic heterocycles. The molecule has 0 spiro atoms. The van der Waals surface area contributed by atoms with Crippen LogP contribution in [0.5, 0.6) is 5.75 Å². The molecule has 0 heterocycles. The van der Waals surface area contributed by atoms with Gasteiger partial charge in [-0.1, -0.05) is 72.4 Å². The molecule has 0 atom stereocenters. The van der Waals surface area contributed by atoms with Crippen molar-refractivity contribution >= 4 is 56.4 Å². The fourth-order valence-corrected chi connectivity index (χ4v) is 5.07. The molecule has 36 heavy (non-hydrogen) atoms. The van der Waals surface area contributed by atoms with Gasteiger partial charge in [-0.3, -0.25) is 9.10 Å². The van der Waals surface area contributed by atoms with E-state index in [1.807, 2.05) is 24.3 Å². The van der Waals surface area contributed by atoms with Crippen molar-refractivity contribution in [2.75, 3.05) is 23.7 Å². The average molecular weight is 570 g/mol. The fraction of sp³-hybridized carbons (Fsp3) is 0.269. The number of nitrogens with one attached hydrogen (secondary N) is 1. The number of aryl methyl sites for hydroxylation is 1. The predicted molar refractivity (Wildman–Crippen MR) is 147 cm³/mol. The molecule has 6 nitrogen and oxygen atoms in total. The van der Waals surface area contributed by atoms with Crippen molar-refractivity contribution in [3.8, 4) is 5.75 Å². The van der Waals surface area contributed by atoms with E-state index in [-0.39, 0.29) is 33.2 Å². The summed E-state index contributed by atoms with van der Waals surface area (Å²) in [6.45, 7) is 2.82. The largest absolute Gasteiger partial charge is 0.492 e. The molecule has 0 saturated heterocycles. The number of amides is 1. The van der Waals surface area contributed by atoms with E-state index in [1.54, 1.807) is 24.3 Å². The molecule has 0 unspecified atom stereocenters. The zero-order chi connectivity index (χ0) is 26.3. The Morgan fingerprint density at radius 3 is 2.14 bits per heavy atom. The van der Waals surface area contributed by atoms with Crippen LogP contribution < -0.4 is 14.4 Å². The van der Waals surface area contributed by atoms with Crippen molar-refractivity contribution in [1.82, 2.24) is 5.32 Å². The minimum Gasteiger partial charge on any atom is -0.492 e. The van der Waals surface area contributed by atoms with Crippen molar-refractivity contribution in [3.63, 3.8) is 0 Å². The van der Waals surface area contributed by atoms with E-state index in [4.69, 9.17) is 39.5 Å². The molecule has 1 N–H and O–H groups in total. The Labute approximate surface area is 227 Å². The highest BCUT2D eigenvalue weighted by molar-refractivity contribution is 7.92. The van der Waals surface area contributed by atoms with Crippen LogP contribution in [0.1, 0.15) is 34.8 Å². The Kier molecular flexibility index (Phi) is 9.91. The number of nitrogens with zero attached hydrogens (tertiary/aromatic N) is 1. The lowest BCUT2D eigenvalue weighted by Gasteiger charge is -2.24. The molecule has 0 saturated carbocycles. The summed E-state index contributed by atoms with van der Waals surface area (Å²) in [4.78, 5) is 12.5. The number of rotatable bonds is 11. The van der Waals surface area contributed by atoms with Crippen LogP contribution in [-0.2, 0) is 23.0 Å². The number of halogens is 3. The smallest absolute Gasteiger partial charge is 0.251 e. The molecule has 0 aliphatic rings. The molecule has 0 radical (unpaired) electrons. The number of anilines is 1. The normalized spacial score (nSPS) is 11.2. The zero-order valence-electron chi connectivity index (χ0n) is 19.9. The maximum Gasteiger partial charge on any atom is 0.251 e. The van der Waals surface area contributed by atoms with E-state index in [2.05, 4.69) is 12.2 Å². The Morgan fingerprint density at radius 2 is 1.53 bits per heavy atom. The van der Waals surface area contributed by atoms with E-state index in [0.29, 0.717) is 24.3 Å². The number of carbonyl (C=O) groups is 1. The second kappa shape index (κ2) is 12.7. The van der Waals surface area contributed by atoms with Gasteiger partial charge in [0.2, 0.25) is 10.0 Å². The third kappa shape index (κ3) is 7.77. The van der Waals surface area contributed by atoms with Crippen molar-refractivity contribution < 1.29 is 17.9 Å². The van der Waals surface area contributed by atoms with Crippen LogP contribution >= 0.6 is 34.8 Å². The summed E-state index contributed by atoms with van der Waals surface area (Å²) in [6.07, 6.45) is 3.20. The van der Waals surface area contributed by atoms with Crippen LogP contribution in [0, 0.1) is 0 Å². The van der Waals surface area contributed by atoms with Crippen molar-refractivity contribution in [1.29, 1.82) is 0 Å². The molecule has 0 aromatic heterocycles. The minimum absolute atomic E-state index is 0.00327. The summed E-state index contributed by atoms with van der Waals surface area (Å²) in [7, 11) is -3.68. The third-order valence-electron chi connectivity index (χ3n) is 5.32. The average Bonchev–Trinajstić information content (AvgIpc) is 2.83. The highest BCUT2D eigenvalue weighted by Gasteiger charge is 2.22. The Morgan fingerprint density at radius 1 is 0.917 bits per heavy atom. The van der Waals surface area contributed by atoms with Gasteiger partial charge in [0.05, 0.1) is 40.1 Å². The van der Waals surface area contributed by atoms with E-state index >= 15 is 0 Å². The van der Waals surface area contributed by atoms with Crippen LogP contribution in [-0.4, -0.2) is 33.7 Å². The van der Waals surface area contributed by atoms with Gasteiger partial charge in [0.25, 0.3) is 5.91 Å². The molecular formula is C26H27Cl3N2O4S. The molecule has 192 valence electrons. The number of hydrogen-bond acceptors (Lipinski definition) is 4. The van der Waals surface area contributed by atoms with Gasteiger partial charge in [0.1, 0.15) is 12.4 Å². The number of carbonyl (C=O) groups excluding carboxylic acids is 1. The van der Waals surface area contributed by atoms with Gasteiger partial charge in [-0.25, -0.2) is 8.42 Å².